The number of carbonyl (C=O) groups is 3. The topological polar surface area (TPSA) is 94.2 Å². The third kappa shape index (κ3) is 4.25. The van der Waals surface area contributed by atoms with Crippen LogP contribution < -0.4 is 14.8 Å². The summed E-state index contributed by atoms with van der Waals surface area (Å²) in [7, 11) is 2.99. The van der Waals surface area contributed by atoms with Crippen LogP contribution >= 0.6 is 11.3 Å². The van der Waals surface area contributed by atoms with Crippen molar-refractivity contribution in [3.63, 3.8) is 0 Å². The smallest absolute Gasteiger partial charge is 0.341 e. The van der Waals surface area contributed by atoms with Crippen molar-refractivity contribution in [3.05, 3.63) is 39.8 Å². The number of esters is 1. The molecule has 0 saturated carbocycles. The fourth-order valence-corrected chi connectivity index (χ4v) is 4.59. The molecule has 160 valence electrons. The predicted octanol–water partition coefficient (Wildman–Crippen LogP) is 3.10. The molecule has 0 unspecified atom stereocenters. The van der Waals surface area contributed by atoms with Gasteiger partial charge in [0.2, 0.25) is 5.91 Å². The average molecular weight is 432 g/mol. The van der Waals surface area contributed by atoms with Crippen LogP contribution in [0.1, 0.15) is 45.0 Å². The Morgan fingerprint density at radius 1 is 1.20 bits per heavy atom. The number of ether oxygens (including phenoxy) is 3. The van der Waals surface area contributed by atoms with E-state index < -0.39 is 11.9 Å². The van der Waals surface area contributed by atoms with Gasteiger partial charge in [-0.05, 0) is 37.1 Å². The Morgan fingerprint density at radius 2 is 1.97 bits per heavy atom. The van der Waals surface area contributed by atoms with Crippen LogP contribution in [-0.4, -0.2) is 50.1 Å². The van der Waals surface area contributed by atoms with Crippen LogP contribution in [0.25, 0.3) is 0 Å². The molecule has 1 aliphatic rings. The molecule has 0 fully saturated rings. The fraction of sp³-hybridized carbons (Fsp3) is 0.381. The van der Waals surface area contributed by atoms with Crippen LogP contribution in [0.2, 0.25) is 0 Å². The van der Waals surface area contributed by atoms with Crippen LogP contribution in [0.3, 0.4) is 0 Å². The van der Waals surface area contributed by atoms with E-state index in [2.05, 4.69) is 5.32 Å². The lowest BCUT2D eigenvalue weighted by molar-refractivity contribution is -0.129. The van der Waals surface area contributed by atoms with Gasteiger partial charge in [0.05, 0.1) is 38.5 Å². The molecule has 2 heterocycles. The summed E-state index contributed by atoms with van der Waals surface area (Å²) in [6.45, 7) is 4.39. The van der Waals surface area contributed by atoms with E-state index in [-0.39, 0.29) is 18.1 Å². The van der Waals surface area contributed by atoms with Gasteiger partial charge in [-0.1, -0.05) is 0 Å². The van der Waals surface area contributed by atoms with Crippen LogP contribution in [0, 0.1) is 0 Å². The van der Waals surface area contributed by atoms with Gasteiger partial charge in [-0.3, -0.25) is 9.59 Å². The van der Waals surface area contributed by atoms with Crippen molar-refractivity contribution in [3.8, 4) is 11.5 Å². The molecule has 30 heavy (non-hydrogen) atoms. The van der Waals surface area contributed by atoms with Crippen molar-refractivity contribution in [2.24, 2.45) is 0 Å². The lowest BCUT2D eigenvalue weighted by atomic mass is 10.0. The highest BCUT2D eigenvalue weighted by Crippen LogP contribution is 2.38. The predicted molar refractivity (Wildman–Crippen MR) is 113 cm³/mol. The minimum Gasteiger partial charge on any atom is -0.497 e. The monoisotopic (exact) mass is 432 g/mol. The van der Waals surface area contributed by atoms with Gasteiger partial charge in [0.15, 0.2) is 0 Å². The number of thiophene rings is 1. The van der Waals surface area contributed by atoms with Gasteiger partial charge >= 0.3 is 5.97 Å². The first-order valence-corrected chi connectivity index (χ1v) is 10.3. The van der Waals surface area contributed by atoms with Gasteiger partial charge in [-0.15, -0.1) is 11.3 Å². The molecular weight excluding hydrogens is 408 g/mol. The quantitative estimate of drug-likeness (QED) is 0.705. The average Bonchev–Trinajstić information content (AvgIpc) is 3.10. The van der Waals surface area contributed by atoms with Gasteiger partial charge in [0.1, 0.15) is 16.5 Å². The van der Waals surface area contributed by atoms with Crippen LogP contribution in [0.4, 0.5) is 5.00 Å². The number of anilines is 1. The second-order valence-electron chi connectivity index (χ2n) is 6.64. The number of hydrogen-bond donors (Lipinski definition) is 1. The maximum atomic E-state index is 13.0. The fourth-order valence-electron chi connectivity index (χ4n) is 3.34. The number of rotatable bonds is 6. The van der Waals surface area contributed by atoms with Crippen molar-refractivity contribution >= 4 is 34.1 Å². The number of amides is 2. The van der Waals surface area contributed by atoms with E-state index in [9.17, 15) is 14.4 Å². The molecule has 3 rings (SSSR count). The molecule has 0 atom stereocenters. The van der Waals surface area contributed by atoms with Gasteiger partial charge in [0, 0.05) is 18.3 Å². The first-order chi connectivity index (χ1) is 14.4. The number of fused-ring (bicyclic) bond motifs is 1. The maximum absolute atomic E-state index is 13.0. The summed E-state index contributed by atoms with van der Waals surface area (Å²) in [5.41, 5.74) is 1.46. The minimum atomic E-state index is -0.487. The molecule has 1 aliphatic heterocycles. The zero-order valence-electron chi connectivity index (χ0n) is 17.4. The Balaban J connectivity index is 1.98. The highest BCUT2D eigenvalue weighted by atomic mass is 32.1. The number of carbonyl (C=O) groups excluding carboxylic acids is 3. The molecule has 2 amide bonds. The number of nitrogens with one attached hydrogen (secondary N) is 1. The molecule has 0 saturated heterocycles. The molecule has 9 heteroatoms. The molecular formula is C21H24N2O6S. The lowest BCUT2D eigenvalue weighted by Gasteiger charge is -2.25. The molecule has 1 N–H and O–H groups in total. The van der Waals surface area contributed by atoms with Crippen molar-refractivity contribution in [2.45, 2.75) is 26.8 Å². The van der Waals surface area contributed by atoms with E-state index in [1.54, 1.807) is 30.0 Å². The highest BCUT2D eigenvalue weighted by Gasteiger charge is 2.30. The zero-order valence-corrected chi connectivity index (χ0v) is 18.2. The molecule has 2 aromatic rings. The van der Waals surface area contributed by atoms with E-state index >= 15 is 0 Å². The molecule has 1 aromatic carbocycles. The summed E-state index contributed by atoms with van der Waals surface area (Å²) in [4.78, 5) is 40.0. The van der Waals surface area contributed by atoms with Crippen molar-refractivity contribution in [1.29, 1.82) is 0 Å². The van der Waals surface area contributed by atoms with E-state index in [0.29, 0.717) is 41.6 Å². The summed E-state index contributed by atoms with van der Waals surface area (Å²) in [5, 5.41) is 3.23. The second-order valence-corrected chi connectivity index (χ2v) is 7.74. The number of methoxy groups -OCH3 is 2. The molecule has 0 aliphatic carbocycles. The number of nitrogens with zero attached hydrogens (tertiary/aromatic N) is 1. The summed E-state index contributed by atoms with van der Waals surface area (Å²) >= 11 is 1.28. The summed E-state index contributed by atoms with van der Waals surface area (Å²) in [6.07, 6.45) is 0.526. The van der Waals surface area contributed by atoms with Gasteiger partial charge in [-0.2, -0.15) is 0 Å². The Kier molecular flexibility index (Phi) is 6.61. The number of benzene rings is 1. The maximum Gasteiger partial charge on any atom is 0.341 e. The Labute approximate surface area is 178 Å². The Morgan fingerprint density at radius 3 is 2.60 bits per heavy atom. The standard InChI is InChI=1S/C21H24N2O6S/c1-5-29-21(26)18-14-8-9-23(12(2)24)11-17(14)30-20(18)22-19(25)15-10-13(27-3)6-7-16(15)28-4/h6-7,10H,5,8-9,11H2,1-4H3,(H,22,25). The largest absolute Gasteiger partial charge is 0.497 e. The zero-order chi connectivity index (χ0) is 21.8. The van der Waals surface area contributed by atoms with E-state index in [1.165, 1.54) is 32.5 Å². The van der Waals surface area contributed by atoms with Crippen LogP contribution in [0.5, 0.6) is 11.5 Å². The normalized spacial score (nSPS) is 12.7. The SMILES string of the molecule is CCOC(=O)c1c(NC(=O)c2cc(OC)ccc2OC)sc2c1CCN(C(C)=O)C2. The first-order valence-electron chi connectivity index (χ1n) is 9.50. The number of hydrogen-bond acceptors (Lipinski definition) is 7. The molecule has 0 bridgehead atoms. The first kappa shape index (κ1) is 21.6. The third-order valence-electron chi connectivity index (χ3n) is 4.86. The van der Waals surface area contributed by atoms with Crippen molar-refractivity contribution in [2.75, 3.05) is 32.7 Å². The van der Waals surface area contributed by atoms with Crippen LogP contribution in [-0.2, 0) is 22.5 Å². The van der Waals surface area contributed by atoms with E-state index in [4.69, 9.17) is 14.2 Å². The molecule has 0 radical (unpaired) electrons. The molecule has 8 nitrogen and oxygen atoms in total. The highest BCUT2D eigenvalue weighted by molar-refractivity contribution is 7.17. The second kappa shape index (κ2) is 9.17. The van der Waals surface area contributed by atoms with Gasteiger partial charge in [0.25, 0.3) is 5.91 Å². The van der Waals surface area contributed by atoms with Crippen molar-refractivity contribution < 1.29 is 28.6 Å². The van der Waals surface area contributed by atoms with Crippen LogP contribution in [0.15, 0.2) is 18.2 Å². The Hall–Kier alpha value is -3.07. The summed E-state index contributed by atoms with van der Waals surface area (Å²) in [5.74, 6) is -0.0554. The van der Waals surface area contributed by atoms with Crippen molar-refractivity contribution in [1.82, 2.24) is 4.90 Å². The molecule has 1 aromatic heterocycles. The summed E-state index contributed by atoms with van der Waals surface area (Å²) < 4.78 is 15.7. The Bertz CT molecular complexity index is 984. The minimum absolute atomic E-state index is 0.0292. The van der Waals surface area contributed by atoms with E-state index in [0.717, 1.165) is 10.4 Å². The van der Waals surface area contributed by atoms with Gasteiger partial charge in [-0.25, -0.2) is 4.79 Å². The van der Waals surface area contributed by atoms with E-state index in [1.807, 2.05) is 0 Å². The van der Waals surface area contributed by atoms with Gasteiger partial charge < -0.3 is 24.4 Å². The third-order valence-corrected chi connectivity index (χ3v) is 5.99. The summed E-state index contributed by atoms with van der Waals surface area (Å²) in [6, 6.07) is 4.91. The molecule has 0 spiro atoms. The lowest BCUT2D eigenvalue weighted by Crippen LogP contribution is -2.34.